The summed E-state index contributed by atoms with van der Waals surface area (Å²) in [7, 11) is 4.60. The number of ether oxygens (including phenoxy) is 2. The van der Waals surface area contributed by atoms with Gasteiger partial charge in [-0.05, 0) is 30.7 Å². The molecule has 3 amide bonds. The fourth-order valence-electron chi connectivity index (χ4n) is 3.55. The van der Waals surface area contributed by atoms with Crippen LogP contribution in [0.1, 0.15) is 30.5 Å². The van der Waals surface area contributed by atoms with E-state index in [9.17, 15) is 14.0 Å². The summed E-state index contributed by atoms with van der Waals surface area (Å²) in [5.41, 5.74) is 1.55. The minimum atomic E-state index is -0.487. The molecule has 0 spiro atoms. The maximum absolute atomic E-state index is 14.4. The molecule has 32 heavy (non-hydrogen) atoms. The number of likely N-dealkylation sites (N-methyl/N-ethyl adjacent to an activating group) is 1. The minimum absolute atomic E-state index is 0.177. The summed E-state index contributed by atoms with van der Waals surface area (Å²) in [6, 6.07) is 10.8. The van der Waals surface area contributed by atoms with Crippen LogP contribution in [0.25, 0.3) is 0 Å². The molecule has 0 unspecified atom stereocenters. The number of nitrogens with zero attached hydrogens (tertiary/aromatic N) is 3. The SMILES string of the molecule is CCNC(=O)N(C)CC(=O)N1N=C(c2ccccc2F)C[C@H]1c1ccc(OC)c(OC)c1. The highest BCUT2D eigenvalue weighted by atomic mass is 19.1. The zero-order valence-corrected chi connectivity index (χ0v) is 18.6. The summed E-state index contributed by atoms with van der Waals surface area (Å²) >= 11 is 0. The number of benzene rings is 2. The number of methoxy groups -OCH3 is 2. The number of hydrogen-bond acceptors (Lipinski definition) is 5. The summed E-state index contributed by atoms with van der Waals surface area (Å²) in [6.45, 7) is 2.07. The van der Waals surface area contributed by atoms with E-state index >= 15 is 0 Å². The Balaban J connectivity index is 1.95. The van der Waals surface area contributed by atoms with Crippen LogP contribution in [0.15, 0.2) is 47.6 Å². The molecule has 0 saturated carbocycles. The van der Waals surface area contributed by atoms with E-state index in [4.69, 9.17) is 9.47 Å². The second kappa shape index (κ2) is 10.1. The lowest BCUT2D eigenvalue weighted by Crippen LogP contribution is -2.43. The molecule has 1 heterocycles. The molecule has 2 aromatic carbocycles. The fourth-order valence-corrected chi connectivity index (χ4v) is 3.55. The van der Waals surface area contributed by atoms with E-state index in [-0.39, 0.29) is 18.5 Å². The van der Waals surface area contributed by atoms with Crippen LogP contribution in [0.5, 0.6) is 11.5 Å². The zero-order valence-electron chi connectivity index (χ0n) is 18.6. The lowest BCUT2D eigenvalue weighted by Gasteiger charge is -2.25. The molecule has 1 aliphatic heterocycles. The molecule has 2 aromatic rings. The van der Waals surface area contributed by atoms with Gasteiger partial charge in [0.05, 0.1) is 26.0 Å². The topological polar surface area (TPSA) is 83.5 Å². The van der Waals surface area contributed by atoms with E-state index in [1.54, 1.807) is 44.4 Å². The van der Waals surface area contributed by atoms with Crippen LogP contribution < -0.4 is 14.8 Å². The Hall–Kier alpha value is -3.62. The van der Waals surface area contributed by atoms with Crippen LogP contribution in [-0.4, -0.2) is 61.9 Å². The molecule has 8 nitrogen and oxygen atoms in total. The molecule has 9 heteroatoms. The lowest BCUT2D eigenvalue weighted by atomic mass is 9.97. The van der Waals surface area contributed by atoms with Crippen molar-refractivity contribution in [2.24, 2.45) is 5.10 Å². The first-order valence-electron chi connectivity index (χ1n) is 10.2. The Morgan fingerprint density at radius 1 is 1.19 bits per heavy atom. The molecule has 0 fully saturated rings. The summed E-state index contributed by atoms with van der Waals surface area (Å²) in [6.07, 6.45) is 0.313. The van der Waals surface area contributed by atoms with Crippen LogP contribution in [0, 0.1) is 5.82 Å². The van der Waals surface area contributed by atoms with Crippen molar-refractivity contribution in [1.82, 2.24) is 15.2 Å². The normalized spacial score (nSPS) is 15.2. The average Bonchev–Trinajstić information content (AvgIpc) is 3.24. The number of halogens is 1. The van der Waals surface area contributed by atoms with Crippen molar-refractivity contribution >= 4 is 17.6 Å². The van der Waals surface area contributed by atoms with Gasteiger partial charge in [0, 0.05) is 25.6 Å². The highest BCUT2D eigenvalue weighted by Crippen LogP contribution is 2.37. The van der Waals surface area contributed by atoms with Crippen molar-refractivity contribution in [3.8, 4) is 11.5 Å². The van der Waals surface area contributed by atoms with E-state index in [0.29, 0.717) is 35.7 Å². The van der Waals surface area contributed by atoms with Crippen LogP contribution in [0.3, 0.4) is 0 Å². The number of amides is 3. The van der Waals surface area contributed by atoms with E-state index in [0.717, 1.165) is 5.56 Å². The minimum Gasteiger partial charge on any atom is -0.493 e. The smallest absolute Gasteiger partial charge is 0.317 e. The van der Waals surface area contributed by atoms with Crippen LogP contribution in [-0.2, 0) is 4.79 Å². The third-order valence-electron chi connectivity index (χ3n) is 5.19. The Morgan fingerprint density at radius 2 is 1.91 bits per heavy atom. The van der Waals surface area contributed by atoms with Gasteiger partial charge < -0.3 is 19.7 Å². The predicted octanol–water partition coefficient (Wildman–Crippen LogP) is 3.18. The molecule has 1 atom stereocenters. The van der Waals surface area contributed by atoms with Gasteiger partial charge in [-0.3, -0.25) is 4.79 Å². The van der Waals surface area contributed by atoms with Crippen molar-refractivity contribution in [1.29, 1.82) is 0 Å². The summed E-state index contributed by atoms with van der Waals surface area (Å²) < 4.78 is 25.1. The number of nitrogens with one attached hydrogen (secondary N) is 1. The first-order chi connectivity index (χ1) is 15.4. The largest absolute Gasteiger partial charge is 0.493 e. The highest BCUT2D eigenvalue weighted by Gasteiger charge is 2.35. The molecule has 170 valence electrons. The third kappa shape index (κ3) is 4.82. The predicted molar refractivity (Wildman–Crippen MR) is 118 cm³/mol. The second-order valence-electron chi connectivity index (χ2n) is 7.29. The first kappa shape index (κ1) is 23.1. The van der Waals surface area contributed by atoms with E-state index in [1.807, 2.05) is 6.07 Å². The summed E-state index contributed by atoms with van der Waals surface area (Å²) in [5, 5.41) is 8.44. The molecule has 1 N–H and O–H groups in total. The second-order valence-corrected chi connectivity index (χ2v) is 7.29. The van der Waals surface area contributed by atoms with Gasteiger partial charge in [0.2, 0.25) is 0 Å². The number of rotatable bonds is 7. The van der Waals surface area contributed by atoms with Gasteiger partial charge in [0.25, 0.3) is 5.91 Å². The molecule has 0 bridgehead atoms. The molecule has 0 aliphatic carbocycles. The molecule has 1 aliphatic rings. The Morgan fingerprint density at radius 3 is 2.56 bits per heavy atom. The van der Waals surface area contributed by atoms with Gasteiger partial charge in [-0.15, -0.1) is 0 Å². The number of carbonyl (C=O) groups is 2. The average molecular weight is 442 g/mol. The maximum Gasteiger partial charge on any atom is 0.317 e. The number of urea groups is 1. The third-order valence-corrected chi connectivity index (χ3v) is 5.19. The number of hydrogen-bond donors (Lipinski definition) is 1. The van der Waals surface area contributed by atoms with Gasteiger partial charge in [-0.2, -0.15) is 5.10 Å². The fraction of sp³-hybridized carbons (Fsp3) is 0.348. The van der Waals surface area contributed by atoms with Gasteiger partial charge in [-0.1, -0.05) is 24.3 Å². The number of carbonyl (C=O) groups excluding carboxylic acids is 2. The van der Waals surface area contributed by atoms with Gasteiger partial charge in [0.1, 0.15) is 12.4 Å². The van der Waals surface area contributed by atoms with Crippen molar-refractivity contribution in [2.45, 2.75) is 19.4 Å². The van der Waals surface area contributed by atoms with Gasteiger partial charge >= 0.3 is 6.03 Å². The van der Waals surface area contributed by atoms with Crippen molar-refractivity contribution in [3.05, 3.63) is 59.4 Å². The molecule has 0 saturated heterocycles. The van der Waals surface area contributed by atoms with E-state index in [2.05, 4.69) is 10.4 Å². The molecular formula is C23H27FN4O4. The monoisotopic (exact) mass is 442 g/mol. The Bertz CT molecular complexity index is 1030. The quantitative estimate of drug-likeness (QED) is 0.714. The lowest BCUT2D eigenvalue weighted by molar-refractivity contribution is -0.133. The van der Waals surface area contributed by atoms with Crippen molar-refractivity contribution in [2.75, 3.05) is 34.4 Å². The highest BCUT2D eigenvalue weighted by molar-refractivity contribution is 6.03. The number of hydrazone groups is 1. The molecule has 3 rings (SSSR count). The van der Waals surface area contributed by atoms with E-state index in [1.165, 1.54) is 30.1 Å². The molecule has 0 aromatic heterocycles. The Labute approximate surface area is 186 Å². The molecule has 0 radical (unpaired) electrons. The first-order valence-corrected chi connectivity index (χ1v) is 10.2. The van der Waals surface area contributed by atoms with Crippen LogP contribution >= 0.6 is 0 Å². The van der Waals surface area contributed by atoms with Crippen LogP contribution in [0.4, 0.5) is 9.18 Å². The van der Waals surface area contributed by atoms with Crippen molar-refractivity contribution < 1.29 is 23.5 Å². The van der Waals surface area contributed by atoms with Crippen LogP contribution in [0.2, 0.25) is 0 Å². The maximum atomic E-state index is 14.4. The summed E-state index contributed by atoms with van der Waals surface area (Å²) in [4.78, 5) is 26.5. The standard InChI is InChI=1S/C23H27FN4O4/c1-5-25-23(30)27(2)14-22(29)28-19(15-10-11-20(31-3)21(12-15)32-4)13-18(26-28)16-8-6-7-9-17(16)24/h6-12,19H,5,13-14H2,1-4H3,(H,25,30)/t19-/m0/s1. The van der Waals surface area contributed by atoms with E-state index < -0.39 is 11.9 Å². The summed E-state index contributed by atoms with van der Waals surface area (Å²) in [5.74, 6) is 0.269. The molecular weight excluding hydrogens is 415 g/mol. The zero-order chi connectivity index (χ0) is 23.3. The van der Waals surface area contributed by atoms with Gasteiger partial charge in [0.15, 0.2) is 11.5 Å². The van der Waals surface area contributed by atoms with Gasteiger partial charge in [-0.25, -0.2) is 14.2 Å². The Kier molecular flexibility index (Phi) is 7.29. The van der Waals surface area contributed by atoms with Crippen molar-refractivity contribution in [3.63, 3.8) is 0 Å².